The van der Waals surface area contributed by atoms with Crippen molar-refractivity contribution >= 4 is 37.8 Å². The smallest absolute Gasteiger partial charge is 0.324 e. The Bertz CT molecular complexity index is 717. The van der Waals surface area contributed by atoms with E-state index in [4.69, 9.17) is 4.74 Å². The normalized spacial score (nSPS) is 12.5. The zero-order chi connectivity index (χ0) is 19.0. The molecule has 1 atom stereocenters. The summed E-state index contributed by atoms with van der Waals surface area (Å²) in [5.74, 6) is -1.68. The first-order valence-corrected chi connectivity index (χ1v) is 9.77. The highest BCUT2D eigenvalue weighted by Crippen LogP contribution is 2.16. The van der Waals surface area contributed by atoms with Crippen LogP contribution in [0.5, 0.6) is 0 Å². The molecule has 2 N–H and O–H groups in total. The van der Waals surface area contributed by atoms with Gasteiger partial charge >= 0.3 is 5.97 Å². The van der Waals surface area contributed by atoms with Crippen molar-refractivity contribution < 1.29 is 22.7 Å². The van der Waals surface area contributed by atoms with Crippen molar-refractivity contribution in [3.8, 4) is 0 Å². The lowest BCUT2D eigenvalue weighted by atomic mass is 10.1. The number of benzene rings is 1. The van der Waals surface area contributed by atoms with Gasteiger partial charge in [0.2, 0.25) is 10.0 Å². The molecule has 0 aliphatic rings. The molecule has 0 aromatic heterocycles. The summed E-state index contributed by atoms with van der Waals surface area (Å²) in [5, 5.41) is 2.46. The zero-order valence-electron chi connectivity index (χ0n) is 14.0. The minimum absolute atomic E-state index is 0.0258. The molecule has 25 heavy (non-hydrogen) atoms. The van der Waals surface area contributed by atoms with Crippen LogP contribution in [0.15, 0.2) is 46.3 Å². The van der Waals surface area contributed by atoms with Crippen molar-refractivity contribution in [2.24, 2.45) is 5.92 Å². The van der Waals surface area contributed by atoms with E-state index >= 15 is 0 Å². The van der Waals surface area contributed by atoms with E-state index in [1.165, 1.54) is 18.2 Å². The van der Waals surface area contributed by atoms with E-state index in [0.717, 1.165) is 4.47 Å². The third kappa shape index (κ3) is 6.97. The number of amides is 1. The van der Waals surface area contributed by atoms with Gasteiger partial charge in [-0.25, -0.2) is 8.42 Å². The molecule has 0 heterocycles. The summed E-state index contributed by atoms with van der Waals surface area (Å²) in [6, 6.07) is 4.89. The van der Waals surface area contributed by atoms with Gasteiger partial charge in [0, 0.05) is 11.0 Å². The predicted molar refractivity (Wildman–Crippen MR) is 97.3 cm³/mol. The summed E-state index contributed by atoms with van der Waals surface area (Å²) in [5.41, 5.74) is 0. The molecule has 0 bridgehead atoms. The number of carbonyl (C=O) groups excluding carboxylic acids is 2. The van der Waals surface area contributed by atoms with Gasteiger partial charge < -0.3 is 10.1 Å². The van der Waals surface area contributed by atoms with Gasteiger partial charge in [-0.3, -0.25) is 9.59 Å². The largest absolute Gasteiger partial charge is 0.454 e. The monoisotopic (exact) mass is 432 g/mol. The quantitative estimate of drug-likeness (QED) is 0.455. The van der Waals surface area contributed by atoms with Gasteiger partial charge in [0.05, 0.1) is 4.90 Å². The number of rotatable bonds is 9. The molecular weight excluding hydrogens is 412 g/mol. The molecule has 0 saturated carbocycles. The molecule has 1 amide bonds. The molecule has 0 spiro atoms. The summed E-state index contributed by atoms with van der Waals surface area (Å²) in [6.45, 7) is 6.56. The van der Waals surface area contributed by atoms with Gasteiger partial charge in [-0.15, -0.1) is 6.58 Å². The average molecular weight is 433 g/mol. The fourth-order valence-corrected chi connectivity index (χ4v) is 3.37. The van der Waals surface area contributed by atoms with E-state index in [9.17, 15) is 18.0 Å². The van der Waals surface area contributed by atoms with Crippen molar-refractivity contribution in [1.29, 1.82) is 0 Å². The Hall–Kier alpha value is -1.71. The van der Waals surface area contributed by atoms with Gasteiger partial charge in [-0.2, -0.15) is 4.72 Å². The third-order valence-electron chi connectivity index (χ3n) is 3.12. The van der Waals surface area contributed by atoms with Crippen LogP contribution in [0, 0.1) is 5.92 Å². The van der Waals surface area contributed by atoms with Gasteiger partial charge in [-0.05, 0) is 30.2 Å². The maximum atomic E-state index is 12.4. The number of carbonyl (C=O) groups is 2. The minimum Gasteiger partial charge on any atom is -0.454 e. The van der Waals surface area contributed by atoms with E-state index in [2.05, 4.69) is 32.5 Å². The summed E-state index contributed by atoms with van der Waals surface area (Å²) in [4.78, 5) is 23.7. The van der Waals surface area contributed by atoms with Crippen LogP contribution in [0.4, 0.5) is 0 Å². The lowest BCUT2D eigenvalue weighted by molar-refractivity contribution is -0.151. The maximum absolute atomic E-state index is 12.4. The van der Waals surface area contributed by atoms with Crippen LogP contribution in [0.25, 0.3) is 0 Å². The highest BCUT2D eigenvalue weighted by Gasteiger charge is 2.30. The van der Waals surface area contributed by atoms with Crippen molar-refractivity contribution in [2.45, 2.75) is 24.8 Å². The molecule has 7 nitrogen and oxygen atoms in total. The molecule has 9 heteroatoms. The highest BCUT2D eigenvalue weighted by atomic mass is 79.9. The molecule has 138 valence electrons. The van der Waals surface area contributed by atoms with Crippen molar-refractivity contribution in [2.75, 3.05) is 13.2 Å². The molecule has 1 aromatic carbocycles. The lowest BCUT2D eigenvalue weighted by Crippen LogP contribution is -2.46. The second-order valence-electron chi connectivity index (χ2n) is 5.50. The third-order valence-corrected chi connectivity index (χ3v) is 5.10. The number of hydrogen-bond acceptors (Lipinski definition) is 5. The summed E-state index contributed by atoms with van der Waals surface area (Å²) >= 11 is 3.23. The lowest BCUT2D eigenvalue weighted by Gasteiger charge is -2.20. The van der Waals surface area contributed by atoms with Crippen LogP contribution >= 0.6 is 15.9 Å². The second kappa shape index (κ2) is 9.69. The van der Waals surface area contributed by atoms with Gasteiger partial charge in [0.15, 0.2) is 6.61 Å². The van der Waals surface area contributed by atoms with Crippen LogP contribution in [0.3, 0.4) is 0 Å². The Morgan fingerprint density at radius 2 is 1.88 bits per heavy atom. The van der Waals surface area contributed by atoms with Crippen molar-refractivity contribution in [1.82, 2.24) is 10.0 Å². The number of esters is 1. The Balaban J connectivity index is 2.79. The topological polar surface area (TPSA) is 102 Å². The molecule has 1 aromatic rings. The number of ether oxygens (including phenoxy) is 1. The first kappa shape index (κ1) is 21.3. The van der Waals surface area contributed by atoms with Gasteiger partial charge in [0.25, 0.3) is 5.91 Å². The minimum atomic E-state index is -3.90. The predicted octanol–water partition coefficient (Wildman–Crippen LogP) is 1.60. The Labute approximate surface area is 156 Å². The Kier molecular flexibility index (Phi) is 8.27. The SMILES string of the molecule is C=CCNC(=O)COC(=O)C(NS(=O)(=O)c1ccc(Br)cc1)C(C)C. The van der Waals surface area contributed by atoms with Crippen LogP contribution in [0.1, 0.15) is 13.8 Å². The van der Waals surface area contributed by atoms with Crippen LogP contribution in [-0.2, 0) is 24.3 Å². The number of hydrogen-bond donors (Lipinski definition) is 2. The van der Waals surface area contributed by atoms with Gasteiger partial charge in [0.1, 0.15) is 6.04 Å². The Morgan fingerprint density at radius 3 is 2.40 bits per heavy atom. The Morgan fingerprint density at radius 1 is 1.28 bits per heavy atom. The van der Waals surface area contributed by atoms with Crippen molar-refractivity contribution in [3.63, 3.8) is 0 Å². The maximum Gasteiger partial charge on any atom is 0.324 e. The molecule has 0 saturated heterocycles. The first-order chi connectivity index (χ1) is 11.7. The van der Waals surface area contributed by atoms with E-state index in [1.54, 1.807) is 26.0 Å². The van der Waals surface area contributed by atoms with Crippen LogP contribution in [-0.4, -0.2) is 39.5 Å². The zero-order valence-corrected chi connectivity index (χ0v) is 16.4. The average Bonchev–Trinajstić information content (AvgIpc) is 2.55. The van der Waals surface area contributed by atoms with E-state index < -0.39 is 34.5 Å². The molecule has 0 radical (unpaired) electrons. The first-order valence-electron chi connectivity index (χ1n) is 7.49. The van der Waals surface area contributed by atoms with Crippen molar-refractivity contribution in [3.05, 3.63) is 41.4 Å². The second-order valence-corrected chi connectivity index (χ2v) is 8.13. The fourth-order valence-electron chi connectivity index (χ4n) is 1.77. The molecule has 0 aliphatic carbocycles. The highest BCUT2D eigenvalue weighted by molar-refractivity contribution is 9.10. The van der Waals surface area contributed by atoms with Crippen LogP contribution in [0.2, 0.25) is 0 Å². The summed E-state index contributed by atoms with van der Waals surface area (Å²) in [6.07, 6.45) is 1.49. The summed E-state index contributed by atoms with van der Waals surface area (Å²) in [7, 11) is -3.90. The summed E-state index contributed by atoms with van der Waals surface area (Å²) < 4.78 is 32.8. The fraction of sp³-hybridized carbons (Fsp3) is 0.375. The number of nitrogens with one attached hydrogen (secondary N) is 2. The molecule has 1 rings (SSSR count). The van der Waals surface area contributed by atoms with E-state index in [0.29, 0.717) is 0 Å². The molecular formula is C16H21BrN2O5S. The standard InChI is InChI=1S/C16H21BrN2O5S/c1-4-9-18-14(20)10-24-16(21)15(11(2)3)19-25(22,23)13-7-5-12(17)6-8-13/h4-8,11,15,19H,1,9-10H2,2-3H3,(H,18,20). The van der Waals surface area contributed by atoms with Crippen LogP contribution < -0.4 is 10.0 Å². The molecule has 0 fully saturated rings. The molecule has 0 aliphatic heterocycles. The molecule has 1 unspecified atom stereocenters. The van der Waals surface area contributed by atoms with E-state index in [-0.39, 0.29) is 17.4 Å². The number of halogens is 1. The number of sulfonamides is 1. The van der Waals surface area contributed by atoms with Gasteiger partial charge in [-0.1, -0.05) is 35.9 Å². The van der Waals surface area contributed by atoms with E-state index in [1.807, 2.05) is 0 Å².